The topological polar surface area (TPSA) is 36.9 Å². The van der Waals surface area contributed by atoms with Gasteiger partial charge in [0.05, 0.1) is 0 Å². The van der Waals surface area contributed by atoms with E-state index in [0.717, 1.165) is 25.2 Å². The van der Waals surface area contributed by atoms with Gasteiger partial charge in [-0.3, -0.25) is 10.2 Å². The number of fused-ring (bicyclic) bond motifs is 1. The van der Waals surface area contributed by atoms with Crippen LogP contribution in [0.3, 0.4) is 0 Å². The molecule has 0 aliphatic carbocycles. The fraction of sp³-hybridized carbons (Fsp3) is 0.769. The van der Waals surface area contributed by atoms with Crippen LogP contribution in [0.2, 0.25) is 0 Å². The zero-order chi connectivity index (χ0) is 11.5. The Morgan fingerprint density at radius 1 is 1.29 bits per heavy atom. The first-order valence-corrected chi connectivity index (χ1v) is 6.82. The van der Waals surface area contributed by atoms with Gasteiger partial charge in [-0.05, 0) is 45.3 Å². The molecule has 94 valence electrons. The summed E-state index contributed by atoms with van der Waals surface area (Å²) in [6.45, 7) is 4.41. The van der Waals surface area contributed by atoms with Crippen molar-refractivity contribution < 1.29 is 4.84 Å². The normalized spacial score (nSPS) is 30.0. The molecule has 3 heterocycles. The summed E-state index contributed by atoms with van der Waals surface area (Å²) in [6.07, 6.45) is 8.70. The number of hydrogen-bond donors (Lipinski definition) is 1. The van der Waals surface area contributed by atoms with Crippen LogP contribution in [0.5, 0.6) is 0 Å². The number of nitrogens with zero attached hydrogens (tertiary/aromatic N) is 2. The summed E-state index contributed by atoms with van der Waals surface area (Å²) in [5.74, 6) is 0. The van der Waals surface area contributed by atoms with Crippen LogP contribution in [0, 0.1) is 0 Å². The maximum Gasteiger partial charge on any atom is 0.206 e. The summed E-state index contributed by atoms with van der Waals surface area (Å²) in [7, 11) is 0. The molecule has 1 saturated heterocycles. The van der Waals surface area contributed by atoms with Crippen molar-refractivity contribution in [2.45, 2.75) is 38.3 Å². The maximum absolute atomic E-state index is 5.47. The van der Waals surface area contributed by atoms with Crippen molar-refractivity contribution in [2.24, 2.45) is 5.16 Å². The van der Waals surface area contributed by atoms with E-state index in [1.807, 2.05) is 0 Å². The molecule has 3 rings (SSSR count). The number of nitrogens with one attached hydrogen (secondary N) is 1. The van der Waals surface area contributed by atoms with Crippen molar-refractivity contribution in [1.29, 1.82) is 0 Å². The van der Waals surface area contributed by atoms with E-state index in [9.17, 15) is 0 Å². The first-order valence-electron chi connectivity index (χ1n) is 6.82. The van der Waals surface area contributed by atoms with Crippen LogP contribution in [0.15, 0.2) is 16.8 Å². The highest BCUT2D eigenvalue weighted by Crippen LogP contribution is 2.21. The van der Waals surface area contributed by atoms with Gasteiger partial charge in [0.1, 0.15) is 5.71 Å². The molecule has 3 aliphatic heterocycles. The minimum atomic E-state index is 0.0253. The average Bonchev–Trinajstić information content (AvgIpc) is 2.61. The predicted molar refractivity (Wildman–Crippen MR) is 67.9 cm³/mol. The second kappa shape index (κ2) is 5.19. The molecule has 1 atom stereocenters. The van der Waals surface area contributed by atoms with Gasteiger partial charge in [-0.15, -0.1) is 0 Å². The van der Waals surface area contributed by atoms with Crippen molar-refractivity contribution >= 4 is 5.71 Å². The summed E-state index contributed by atoms with van der Waals surface area (Å²) in [5.41, 5.74) is 2.43. The van der Waals surface area contributed by atoms with E-state index < -0.39 is 0 Å². The van der Waals surface area contributed by atoms with Crippen molar-refractivity contribution in [2.75, 3.05) is 26.2 Å². The quantitative estimate of drug-likeness (QED) is 0.788. The fourth-order valence-electron chi connectivity index (χ4n) is 2.79. The summed E-state index contributed by atoms with van der Waals surface area (Å²) in [4.78, 5) is 7.97. The number of oxime groups is 1. The highest BCUT2D eigenvalue weighted by atomic mass is 16.7. The van der Waals surface area contributed by atoms with Gasteiger partial charge >= 0.3 is 0 Å². The predicted octanol–water partition coefficient (Wildman–Crippen LogP) is 1.49. The van der Waals surface area contributed by atoms with Gasteiger partial charge < -0.3 is 4.84 Å². The lowest BCUT2D eigenvalue weighted by atomic mass is 10.1. The van der Waals surface area contributed by atoms with Gasteiger partial charge in [0, 0.05) is 12.1 Å². The lowest BCUT2D eigenvalue weighted by molar-refractivity contribution is 0.0806. The number of likely N-dealkylation sites (tertiary alicyclic amines) is 1. The van der Waals surface area contributed by atoms with Crippen LogP contribution in [0.4, 0.5) is 0 Å². The van der Waals surface area contributed by atoms with Gasteiger partial charge in [-0.1, -0.05) is 17.7 Å². The molecule has 0 spiro atoms. The minimum absolute atomic E-state index is 0.0253. The monoisotopic (exact) mass is 235 g/mol. The Labute approximate surface area is 103 Å². The van der Waals surface area contributed by atoms with Crippen LogP contribution in [-0.4, -0.2) is 43.0 Å². The van der Waals surface area contributed by atoms with E-state index >= 15 is 0 Å². The third kappa shape index (κ3) is 2.53. The third-order valence-corrected chi connectivity index (χ3v) is 3.78. The molecular weight excluding hydrogens is 214 g/mol. The van der Waals surface area contributed by atoms with Gasteiger partial charge in [-0.25, -0.2) is 0 Å². The van der Waals surface area contributed by atoms with E-state index in [2.05, 4.69) is 21.4 Å². The Morgan fingerprint density at radius 2 is 2.18 bits per heavy atom. The maximum atomic E-state index is 5.47. The van der Waals surface area contributed by atoms with E-state index in [-0.39, 0.29) is 6.23 Å². The van der Waals surface area contributed by atoms with Crippen LogP contribution >= 0.6 is 0 Å². The largest absolute Gasteiger partial charge is 0.371 e. The molecule has 0 bridgehead atoms. The lowest BCUT2D eigenvalue weighted by Gasteiger charge is -2.26. The van der Waals surface area contributed by atoms with Gasteiger partial charge in [0.25, 0.3) is 0 Å². The summed E-state index contributed by atoms with van der Waals surface area (Å²) < 4.78 is 0. The molecule has 0 aromatic heterocycles. The first kappa shape index (κ1) is 11.2. The lowest BCUT2D eigenvalue weighted by Crippen LogP contribution is -2.36. The number of rotatable bonds is 2. The third-order valence-electron chi connectivity index (χ3n) is 3.78. The van der Waals surface area contributed by atoms with E-state index in [1.54, 1.807) is 0 Å². The smallest absolute Gasteiger partial charge is 0.206 e. The Bertz CT molecular complexity index is 332. The van der Waals surface area contributed by atoms with Crippen LogP contribution in [0.25, 0.3) is 0 Å². The Hall–Kier alpha value is -0.870. The SMILES string of the molecule is C1=C2C(CN3CCCCC3)=NO[C@@H]2NCCC1. The molecule has 0 aromatic rings. The highest BCUT2D eigenvalue weighted by molar-refractivity contribution is 6.03. The summed E-state index contributed by atoms with van der Waals surface area (Å²) in [6, 6.07) is 0. The molecule has 0 unspecified atom stereocenters. The fourth-order valence-corrected chi connectivity index (χ4v) is 2.79. The van der Waals surface area contributed by atoms with E-state index in [4.69, 9.17) is 4.84 Å². The molecule has 1 fully saturated rings. The molecule has 4 heteroatoms. The zero-order valence-corrected chi connectivity index (χ0v) is 10.3. The van der Waals surface area contributed by atoms with Gasteiger partial charge in [0.15, 0.2) is 0 Å². The van der Waals surface area contributed by atoms with Gasteiger partial charge in [0.2, 0.25) is 6.23 Å². The minimum Gasteiger partial charge on any atom is -0.371 e. The van der Waals surface area contributed by atoms with Crippen LogP contribution in [-0.2, 0) is 4.84 Å². The summed E-state index contributed by atoms with van der Waals surface area (Å²) in [5, 5.41) is 7.65. The molecule has 0 saturated carbocycles. The zero-order valence-electron chi connectivity index (χ0n) is 10.3. The van der Waals surface area contributed by atoms with E-state index in [1.165, 1.54) is 44.3 Å². The Morgan fingerprint density at radius 3 is 3.06 bits per heavy atom. The van der Waals surface area contributed by atoms with Crippen molar-refractivity contribution in [1.82, 2.24) is 10.2 Å². The number of hydrogen-bond acceptors (Lipinski definition) is 4. The van der Waals surface area contributed by atoms with Gasteiger partial charge in [-0.2, -0.15) is 0 Å². The molecule has 4 nitrogen and oxygen atoms in total. The second-order valence-electron chi connectivity index (χ2n) is 5.12. The standard InChI is InChI=1S/C13H21N3O/c1-4-8-16(9-5-1)10-12-11-6-2-3-7-14-13(11)17-15-12/h6,13-14H,1-5,7-10H2/t13-/m0/s1. The second-order valence-corrected chi connectivity index (χ2v) is 5.12. The van der Waals surface area contributed by atoms with Crippen molar-refractivity contribution in [3.05, 3.63) is 11.6 Å². The van der Waals surface area contributed by atoms with Crippen molar-refractivity contribution in [3.8, 4) is 0 Å². The molecule has 1 N–H and O–H groups in total. The van der Waals surface area contributed by atoms with Crippen LogP contribution in [0.1, 0.15) is 32.1 Å². The Balaban J connectivity index is 1.64. The molecule has 0 radical (unpaired) electrons. The van der Waals surface area contributed by atoms with Crippen molar-refractivity contribution in [3.63, 3.8) is 0 Å². The number of allylic oxidation sites excluding steroid dienone is 1. The van der Waals surface area contributed by atoms with E-state index in [0.29, 0.717) is 0 Å². The van der Waals surface area contributed by atoms with Crippen LogP contribution < -0.4 is 5.32 Å². The summed E-state index contributed by atoms with van der Waals surface area (Å²) >= 11 is 0. The molecule has 0 aromatic carbocycles. The molecule has 3 aliphatic rings. The molecule has 0 amide bonds. The first-order chi connectivity index (χ1) is 8.43. The Kier molecular flexibility index (Phi) is 3.43. The molecular formula is C13H21N3O. The highest BCUT2D eigenvalue weighted by Gasteiger charge is 2.29. The number of piperidine rings is 1. The average molecular weight is 235 g/mol. The molecule has 17 heavy (non-hydrogen) atoms.